The Hall–Kier alpha value is -2.55. The third kappa shape index (κ3) is 3.66. The molecule has 6 nitrogen and oxygen atoms in total. The number of aromatic nitrogens is 4. The fourth-order valence-electron chi connectivity index (χ4n) is 3.08. The van der Waals surface area contributed by atoms with E-state index in [4.69, 9.17) is 23.2 Å². The molecule has 30 heavy (non-hydrogen) atoms. The van der Waals surface area contributed by atoms with Crippen molar-refractivity contribution < 1.29 is 4.39 Å². The van der Waals surface area contributed by atoms with Gasteiger partial charge in [0, 0.05) is 29.0 Å². The van der Waals surface area contributed by atoms with Gasteiger partial charge in [0.2, 0.25) is 0 Å². The van der Waals surface area contributed by atoms with Crippen LogP contribution in [0.5, 0.6) is 0 Å². The van der Waals surface area contributed by atoms with Gasteiger partial charge in [0.25, 0.3) is 5.56 Å². The van der Waals surface area contributed by atoms with Crippen molar-refractivity contribution in [3.05, 3.63) is 84.7 Å². The minimum Gasteiger partial charge on any atom is -0.308 e. The van der Waals surface area contributed by atoms with Crippen LogP contribution < -0.4 is 11.2 Å². The smallest absolute Gasteiger partial charge is 0.308 e. The summed E-state index contributed by atoms with van der Waals surface area (Å²) < 4.78 is 17.5. The summed E-state index contributed by atoms with van der Waals surface area (Å²) in [5.74, 6) is -0.451. The summed E-state index contributed by atoms with van der Waals surface area (Å²) in [6, 6.07) is 11.3. The molecule has 0 radical (unpaired) electrons. The quantitative estimate of drug-likeness (QED) is 0.456. The Bertz CT molecular complexity index is 1390. The number of hydrogen-bond donors (Lipinski definition) is 0. The number of rotatable bonds is 4. The molecule has 4 aromatic rings. The van der Waals surface area contributed by atoms with Crippen LogP contribution in [-0.2, 0) is 20.6 Å². The van der Waals surface area contributed by atoms with Crippen molar-refractivity contribution in [1.29, 1.82) is 0 Å². The summed E-state index contributed by atoms with van der Waals surface area (Å²) in [5, 5.41) is 1.33. The van der Waals surface area contributed by atoms with Gasteiger partial charge in [0.15, 0.2) is 16.3 Å². The Labute approximate surface area is 184 Å². The summed E-state index contributed by atoms with van der Waals surface area (Å²) in [6.07, 6.45) is 0. The van der Waals surface area contributed by atoms with Crippen molar-refractivity contribution in [1.82, 2.24) is 18.7 Å². The minimum atomic E-state index is -0.472. The molecular weight excluding hydrogens is 450 g/mol. The summed E-state index contributed by atoms with van der Waals surface area (Å²) in [4.78, 5) is 30.7. The highest BCUT2D eigenvalue weighted by Gasteiger charge is 2.21. The molecule has 2 heterocycles. The van der Waals surface area contributed by atoms with Crippen molar-refractivity contribution >= 4 is 46.1 Å². The molecule has 0 spiro atoms. The zero-order valence-electron chi connectivity index (χ0n) is 15.9. The molecule has 0 unspecified atom stereocenters. The highest BCUT2D eigenvalue weighted by Crippen LogP contribution is 2.31. The van der Waals surface area contributed by atoms with Gasteiger partial charge in [-0.15, -0.1) is 0 Å². The van der Waals surface area contributed by atoms with Crippen LogP contribution in [-0.4, -0.2) is 18.7 Å². The Balaban J connectivity index is 1.95. The van der Waals surface area contributed by atoms with Crippen molar-refractivity contribution in [2.45, 2.75) is 16.6 Å². The largest absolute Gasteiger partial charge is 0.332 e. The third-order valence-corrected chi connectivity index (χ3v) is 6.29. The number of hydrogen-bond acceptors (Lipinski definition) is 4. The van der Waals surface area contributed by atoms with Crippen LogP contribution >= 0.6 is 35.0 Å². The highest BCUT2D eigenvalue weighted by atomic mass is 35.5. The monoisotopic (exact) mass is 464 g/mol. The predicted molar refractivity (Wildman–Crippen MR) is 116 cm³/mol. The third-order valence-electron chi connectivity index (χ3n) is 4.68. The van der Waals surface area contributed by atoms with Gasteiger partial charge in [-0.3, -0.25) is 13.9 Å². The average molecular weight is 465 g/mol. The molecule has 0 aliphatic rings. The minimum absolute atomic E-state index is 0.180. The molecule has 0 N–H and O–H groups in total. The second-order valence-electron chi connectivity index (χ2n) is 6.65. The van der Waals surface area contributed by atoms with Crippen molar-refractivity contribution in [3.8, 4) is 0 Å². The molecule has 0 fully saturated rings. The number of benzene rings is 2. The van der Waals surface area contributed by atoms with Gasteiger partial charge < -0.3 is 4.57 Å². The lowest BCUT2D eigenvalue weighted by atomic mass is 10.2. The zero-order valence-corrected chi connectivity index (χ0v) is 18.2. The molecule has 0 aliphatic heterocycles. The van der Waals surface area contributed by atoms with Crippen LogP contribution in [0, 0.1) is 5.82 Å². The van der Waals surface area contributed by atoms with Crippen LogP contribution in [0.25, 0.3) is 11.2 Å². The van der Waals surface area contributed by atoms with Crippen LogP contribution in [0.3, 0.4) is 0 Å². The van der Waals surface area contributed by atoms with Crippen molar-refractivity contribution in [2.75, 3.05) is 0 Å². The van der Waals surface area contributed by atoms with Crippen LogP contribution in [0.15, 0.2) is 62.1 Å². The Morgan fingerprint density at radius 1 is 1.03 bits per heavy atom. The van der Waals surface area contributed by atoms with Gasteiger partial charge in [-0.1, -0.05) is 41.0 Å². The maximum atomic E-state index is 13.5. The lowest BCUT2D eigenvalue weighted by molar-refractivity contribution is 0.625. The number of nitrogens with zero attached hydrogens (tertiary/aromatic N) is 4. The van der Waals surface area contributed by atoms with E-state index in [1.807, 2.05) is 12.1 Å². The average Bonchev–Trinajstić information content (AvgIpc) is 3.06. The van der Waals surface area contributed by atoms with Crippen LogP contribution in [0.4, 0.5) is 4.39 Å². The molecule has 0 saturated carbocycles. The molecule has 0 bridgehead atoms. The molecule has 2 aromatic carbocycles. The molecule has 0 atom stereocenters. The second-order valence-corrected chi connectivity index (χ2v) is 8.53. The van der Waals surface area contributed by atoms with E-state index in [0.717, 1.165) is 9.46 Å². The lowest BCUT2D eigenvalue weighted by Gasteiger charge is -2.11. The lowest BCUT2D eigenvalue weighted by Crippen LogP contribution is -2.37. The van der Waals surface area contributed by atoms with E-state index >= 15 is 0 Å². The van der Waals surface area contributed by atoms with Crippen LogP contribution in [0.1, 0.15) is 5.56 Å². The topological polar surface area (TPSA) is 61.8 Å². The highest BCUT2D eigenvalue weighted by molar-refractivity contribution is 7.99. The van der Waals surface area contributed by atoms with E-state index in [2.05, 4.69) is 4.98 Å². The molecule has 0 amide bonds. The first kappa shape index (κ1) is 20.7. The van der Waals surface area contributed by atoms with E-state index in [-0.39, 0.29) is 22.7 Å². The molecule has 4 rings (SSSR count). The summed E-state index contributed by atoms with van der Waals surface area (Å²) in [6.45, 7) is 0.180. The maximum absolute atomic E-state index is 13.5. The van der Waals surface area contributed by atoms with E-state index in [1.165, 1.54) is 35.5 Å². The predicted octanol–water partition coefficient (Wildman–Crippen LogP) is 4.08. The first-order chi connectivity index (χ1) is 14.3. The Morgan fingerprint density at radius 3 is 2.40 bits per heavy atom. The Kier molecular flexibility index (Phi) is 5.48. The first-order valence-corrected chi connectivity index (χ1v) is 10.4. The number of halogens is 3. The molecule has 0 saturated heterocycles. The number of fused-ring (bicyclic) bond motifs is 1. The maximum Gasteiger partial charge on any atom is 0.332 e. The van der Waals surface area contributed by atoms with Crippen molar-refractivity contribution in [3.63, 3.8) is 0 Å². The van der Waals surface area contributed by atoms with E-state index in [9.17, 15) is 14.0 Å². The van der Waals surface area contributed by atoms with Gasteiger partial charge in [0.1, 0.15) is 5.82 Å². The number of aryl methyl sites for hydroxylation is 1. The van der Waals surface area contributed by atoms with Crippen LogP contribution in [0.2, 0.25) is 10.0 Å². The SMILES string of the molecule is Cn1c(=O)c2c(nc(Sc3ccc(Cl)cc3)n2Cc2ccc(F)cc2Cl)n(C)c1=O. The first-order valence-electron chi connectivity index (χ1n) is 8.80. The Morgan fingerprint density at radius 2 is 1.73 bits per heavy atom. The normalized spacial score (nSPS) is 11.4. The van der Waals surface area contributed by atoms with E-state index in [1.54, 1.807) is 29.8 Å². The van der Waals surface area contributed by atoms with Gasteiger partial charge in [-0.25, -0.2) is 14.2 Å². The summed E-state index contributed by atoms with van der Waals surface area (Å²) >= 11 is 13.5. The van der Waals surface area contributed by atoms with E-state index < -0.39 is 17.1 Å². The zero-order chi connectivity index (χ0) is 21.6. The van der Waals surface area contributed by atoms with Gasteiger partial charge in [-0.05, 0) is 42.0 Å². The fourth-order valence-corrected chi connectivity index (χ4v) is 4.31. The van der Waals surface area contributed by atoms with Gasteiger partial charge >= 0.3 is 5.69 Å². The molecular formula is C20H15Cl2FN4O2S. The molecule has 0 aliphatic carbocycles. The van der Waals surface area contributed by atoms with Crippen molar-refractivity contribution in [2.24, 2.45) is 14.1 Å². The fraction of sp³-hybridized carbons (Fsp3) is 0.150. The van der Waals surface area contributed by atoms with E-state index in [0.29, 0.717) is 15.7 Å². The molecule has 154 valence electrons. The second kappa shape index (κ2) is 7.94. The molecule has 10 heteroatoms. The molecule has 2 aromatic heterocycles. The van der Waals surface area contributed by atoms with Gasteiger partial charge in [0.05, 0.1) is 6.54 Å². The summed E-state index contributed by atoms with van der Waals surface area (Å²) in [5.41, 5.74) is 0.197. The standard InChI is InChI=1S/C20H15Cl2FN4O2S/c1-25-17-16(18(28)26(2)20(25)29)27(10-11-3-6-13(23)9-15(11)22)19(24-17)30-14-7-4-12(21)5-8-14/h3-9H,10H2,1-2H3. The number of imidazole rings is 1. The van der Waals surface area contributed by atoms with Gasteiger partial charge in [-0.2, -0.15) is 0 Å². The summed E-state index contributed by atoms with van der Waals surface area (Å²) in [7, 11) is 2.97.